The second-order valence-corrected chi connectivity index (χ2v) is 7.88. The Morgan fingerprint density at radius 3 is 2.65 bits per heavy atom. The van der Waals surface area contributed by atoms with Crippen LogP contribution >= 0.6 is 11.3 Å². The Balaban J connectivity index is 2.02. The van der Waals surface area contributed by atoms with Gasteiger partial charge in [0.1, 0.15) is 10.7 Å². The van der Waals surface area contributed by atoms with Crippen LogP contribution in [-0.4, -0.2) is 19.3 Å². The van der Waals surface area contributed by atoms with Crippen molar-refractivity contribution in [1.82, 2.24) is 14.4 Å². The van der Waals surface area contributed by atoms with Crippen molar-refractivity contribution in [2.45, 2.75) is 39.2 Å². The van der Waals surface area contributed by atoms with Crippen molar-refractivity contribution in [1.29, 1.82) is 0 Å². The van der Waals surface area contributed by atoms with E-state index in [4.69, 9.17) is 0 Å². The van der Waals surface area contributed by atoms with Crippen LogP contribution in [0, 0.1) is 10.1 Å². The molecule has 0 aliphatic carbocycles. The number of hydrogen-bond acceptors (Lipinski definition) is 7. The molecule has 0 amide bonds. The molecule has 3 rings (SSSR count). The molecule has 0 saturated heterocycles. The predicted octanol–water partition coefficient (Wildman–Crippen LogP) is 3.53. The van der Waals surface area contributed by atoms with Gasteiger partial charge in [-0.2, -0.15) is 0 Å². The van der Waals surface area contributed by atoms with Crippen LogP contribution in [0.1, 0.15) is 44.4 Å². The number of nitrogens with one attached hydrogen (secondary N) is 1. The summed E-state index contributed by atoms with van der Waals surface area (Å²) in [5, 5.41) is 17.2. The van der Waals surface area contributed by atoms with Crippen LogP contribution in [0.4, 0.5) is 11.5 Å². The third-order valence-corrected chi connectivity index (χ3v) is 4.93. The van der Waals surface area contributed by atoms with Gasteiger partial charge < -0.3 is 5.32 Å². The van der Waals surface area contributed by atoms with Gasteiger partial charge in [0.05, 0.1) is 16.7 Å². The maximum absolute atomic E-state index is 12.5. The molecule has 0 aromatic carbocycles. The Kier molecular flexibility index (Phi) is 4.49. The first-order chi connectivity index (χ1) is 12.2. The largest absolute Gasteiger partial charge is 0.376 e. The second-order valence-electron chi connectivity index (χ2n) is 6.99. The topological polar surface area (TPSA) is 102 Å². The highest BCUT2D eigenvalue weighted by molar-refractivity contribution is 7.09. The van der Waals surface area contributed by atoms with Gasteiger partial charge in [-0.1, -0.05) is 26.8 Å². The summed E-state index contributed by atoms with van der Waals surface area (Å²) < 4.78 is 1.16. The molecule has 0 fully saturated rings. The molecule has 3 aromatic rings. The molecule has 0 bridgehead atoms. The number of fused-ring (bicyclic) bond motifs is 1. The lowest BCUT2D eigenvalue weighted by molar-refractivity contribution is -0.385. The van der Waals surface area contributed by atoms with E-state index in [0.717, 1.165) is 15.1 Å². The second kappa shape index (κ2) is 6.49. The maximum atomic E-state index is 12.5. The predicted molar refractivity (Wildman–Crippen MR) is 101 cm³/mol. The average molecular weight is 373 g/mol. The minimum atomic E-state index is -0.718. The first-order valence-corrected chi connectivity index (χ1v) is 8.94. The van der Waals surface area contributed by atoms with E-state index in [1.165, 1.54) is 17.5 Å². The number of nitro groups is 1. The van der Waals surface area contributed by atoms with Gasteiger partial charge in [0.25, 0.3) is 0 Å². The van der Waals surface area contributed by atoms with E-state index in [1.54, 1.807) is 18.2 Å². The van der Waals surface area contributed by atoms with Crippen LogP contribution in [-0.2, 0) is 5.41 Å². The Bertz CT molecular complexity index is 1030. The Labute approximate surface area is 153 Å². The number of nitrogens with zero attached hydrogens (tertiary/aromatic N) is 4. The normalized spacial score (nSPS) is 12.9. The third kappa shape index (κ3) is 3.30. The van der Waals surface area contributed by atoms with Gasteiger partial charge in [-0.15, -0.1) is 11.3 Å². The van der Waals surface area contributed by atoms with Gasteiger partial charge in [-0.05, 0) is 19.1 Å². The lowest BCUT2D eigenvalue weighted by Gasteiger charge is -2.15. The molecular formula is C17H19N5O3S. The Morgan fingerprint density at radius 1 is 1.31 bits per heavy atom. The van der Waals surface area contributed by atoms with Crippen LogP contribution in [0.5, 0.6) is 0 Å². The monoisotopic (exact) mass is 373 g/mol. The smallest absolute Gasteiger partial charge is 0.355 e. The van der Waals surface area contributed by atoms with E-state index in [1.807, 2.05) is 12.3 Å². The molecule has 0 spiro atoms. The zero-order chi connectivity index (χ0) is 19.1. The van der Waals surface area contributed by atoms with E-state index < -0.39 is 16.2 Å². The number of thiazole rings is 1. The van der Waals surface area contributed by atoms with Gasteiger partial charge in [0, 0.05) is 17.0 Å². The van der Waals surface area contributed by atoms with E-state index in [2.05, 4.69) is 36.1 Å². The van der Waals surface area contributed by atoms with Gasteiger partial charge in [0.15, 0.2) is 0 Å². The summed E-state index contributed by atoms with van der Waals surface area (Å²) >= 11 is 1.47. The average Bonchev–Trinajstić information content (AvgIpc) is 3.05. The molecule has 0 saturated carbocycles. The van der Waals surface area contributed by atoms with Gasteiger partial charge in [-0.25, -0.2) is 9.97 Å². The van der Waals surface area contributed by atoms with E-state index in [9.17, 15) is 14.9 Å². The zero-order valence-electron chi connectivity index (χ0n) is 14.9. The molecule has 8 nitrogen and oxygen atoms in total. The molecular weight excluding hydrogens is 354 g/mol. The van der Waals surface area contributed by atoms with Crippen molar-refractivity contribution in [2.24, 2.45) is 0 Å². The fourth-order valence-corrected chi connectivity index (χ4v) is 3.50. The summed E-state index contributed by atoms with van der Waals surface area (Å²) in [4.78, 5) is 32.1. The molecule has 0 radical (unpaired) electrons. The molecule has 1 unspecified atom stereocenters. The minimum absolute atomic E-state index is 0.0498. The first kappa shape index (κ1) is 18.0. The van der Waals surface area contributed by atoms with Crippen LogP contribution in [0.25, 0.3) is 5.65 Å². The van der Waals surface area contributed by atoms with Crippen molar-refractivity contribution in [3.8, 4) is 0 Å². The van der Waals surface area contributed by atoms with Gasteiger partial charge >= 0.3 is 11.2 Å². The molecule has 9 heteroatoms. The minimum Gasteiger partial charge on any atom is -0.355 e. The standard InChI is InChI=1S/C17H19N5O3S/c1-10(15-19-11(9-26-15)17(2,3)4)18-14-13(22(24)25)16(23)21-8-6-5-7-12(21)20-14/h5-10,18H,1-4H3. The van der Waals surface area contributed by atoms with Crippen LogP contribution in [0.3, 0.4) is 0 Å². The first-order valence-electron chi connectivity index (χ1n) is 8.06. The molecule has 0 aliphatic rings. The highest BCUT2D eigenvalue weighted by atomic mass is 32.1. The fraction of sp³-hybridized carbons (Fsp3) is 0.353. The summed E-state index contributed by atoms with van der Waals surface area (Å²) in [5.41, 5.74) is -0.0852. The maximum Gasteiger partial charge on any atom is 0.376 e. The zero-order valence-corrected chi connectivity index (χ0v) is 15.7. The molecule has 3 heterocycles. The third-order valence-electron chi connectivity index (χ3n) is 3.91. The lowest BCUT2D eigenvalue weighted by Crippen LogP contribution is -2.22. The van der Waals surface area contributed by atoms with Crippen molar-refractivity contribution in [2.75, 3.05) is 5.32 Å². The summed E-state index contributed by atoms with van der Waals surface area (Å²) in [6.45, 7) is 8.05. The molecule has 136 valence electrons. The fourth-order valence-electron chi connectivity index (χ4n) is 2.44. The quantitative estimate of drug-likeness (QED) is 0.554. The van der Waals surface area contributed by atoms with Crippen LogP contribution < -0.4 is 10.9 Å². The van der Waals surface area contributed by atoms with Crippen molar-refractivity contribution in [3.63, 3.8) is 0 Å². The number of anilines is 1. The molecule has 1 N–H and O–H groups in total. The Morgan fingerprint density at radius 2 is 2.04 bits per heavy atom. The molecule has 1 atom stereocenters. The van der Waals surface area contributed by atoms with Crippen molar-refractivity contribution >= 4 is 28.5 Å². The number of hydrogen-bond donors (Lipinski definition) is 1. The Hall–Kier alpha value is -2.81. The summed E-state index contributed by atoms with van der Waals surface area (Å²) in [6.07, 6.45) is 1.46. The molecule has 3 aromatic heterocycles. The van der Waals surface area contributed by atoms with E-state index in [0.29, 0.717) is 5.65 Å². The van der Waals surface area contributed by atoms with Crippen molar-refractivity contribution < 1.29 is 4.92 Å². The molecule has 26 heavy (non-hydrogen) atoms. The number of aromatic nitrogens is 3. The number of pyridine rings is 1. The van der Waals surface area contributed by atoms with Gasteiger partial charge in [0.2, 0.25) is 5.82 Å². The van der Waals surface area contributed by atoms with Crippen LogP contribution in [0.15, 0.2) is 34.6 Å². The number of rotatable bonds is 4. The van der Waals surface area contributed by atoms with E-state index >= 15 is 0 Å². The summed E-state index contributed by atoms with van der Waals surface area (Å²) in [7, 11) is 0. The summed E-state index contributed by atoms with van der Waals surface area (Å²) in [5.74, 6) is -0.0498. The highest BCUT2D eigenvalue weighted by Crippen LogP contribution is 2.29. The molecule has 0 aliphatic heterocycles. The highest BCUT2D eigenvalue weighted by Gasteiger charge is 2.26. The van der Waals surface area contributed by atoms with Crippen LogP contribution in [0.2, 0.25) is 0 Å². The van der Waals surface area contributed by atoms with Crippen molar-refractivity contribution in [3.05, 3.63) is 60.9 Å². The summed E-state index contributed by atoms with van der Waals surface area (Å²) in [6, 6.07) is 4.64. The lowest BCUT2D eigenvalue weighted by atomic mass is 9.93. The van der Waals surface area contributed by atoms with E-state index in [-0.39, 0.29) is 17.3 Å². The van der Waals surface area contributed by atoms with Gasteiger partial charge in [-0.3, -0.25) is 19.3 Å². The SMILES string of the molecule is CC(Nc1nc2ccccn2c(=O)c1[N+](=O)[O-])c1nc(C(C)(C)C)cs1.